The standard InChI is InChI=1S/C28H19Cl3N2O6/c29-16-10-9-15(21(13-16)33(37)38)14-39-22(34)11-12-32-25(35)23-24(26(32)36)28(31)18-6-2-1-5-17(18)27(23,30)19-7-3-4-8-20(19)28/h1-10,13,23-24H,11-12,14H2/t23-,24+,27?,28?. The highest BCUT2D eigenvalue weighted by Gasteiger charge is 2.72. The molecule has 0 saturated carbocycles. The van der Waals surface area contributed by atoms with Crippen LogP contribution < -0.4 is 0 Å². The largest absolute Gasteiger partial charge is 0.460 e. The van der Waals surface area contributed by atoms with Gasteiger partial charge >= 0.3 is 5.97 Å². The number of halogens is 3. The molecule has 1 aliphatic heterocycles. The zero-order valence-corrected chi connectivity index (χ0v) is 22.4. The molecule has 39 heavy (non-hydrogen) atoms. The molecule has 1 fully saturated rings. The van der Waals surface area contributed by atoms with Crippen molar-refractivity contribution in [2.45, 2.75) is 22.8 Å². The Kier molecular flexibility index (Phi) is 5.98. The number of nitro groups is 1. The second-order valence-corrected chi connectivity index (χ2v) is 11.4. The van der Waals surface area contributed by atoms with Crippen molar-refractivity contribution in [1.29, 1.82) is 0 Å². The van der Waals surface area contributed by atoms with Crippen molar-refractivity contribution < 1.29 is 24.0 Å². The Morgan fingerprint density at radius 2 is 1.38 bits per heavy atom. The maximum Gasteiger partial charge on any atom is 0.307 e. The summed E-state index contributed by atoms with van der Waals surface area (Å²) in [7, 11) is 0. The number of hydrogen-bond donors (Lipinski definition) is 0. The maximum absolute atomic E-state index is 13.8. The number of nitrogens with zero attached hydrogens (tertiary/aromatic N) is 2. The zero-order valence-electron chi connectivity index (χ0n) is 20.1. The molecule has 0 N–H and O–H groups in total. The van der Waals surface area contributed by atoms with Crippen LogP contribution >= 0.6 is 34.8 Å². The Balaban J connectivity index is 1.25. The SMILES string of the molecule is O=C(CCN1C(=O)[C@@H]2[C@H](C1=O)C1(Cl)c3ccccc3C2(Cl)c2ccccc21)OCc1ccc(Cl)cc1[N+](=O)[O-]. The second kappa shape index (κ2) is 9.05. The molecule has 0 spiro atoms. The number of nitro benzene ring substituents is 1. The fourth-order valence-corrected chi connectivity index (χ4v) is 7.47. The van der Waals surface area contributed by atoms with Crippen molar-refractivity contribution in [1.82, 2.24) is 4.90 Å². The van der Waals surface area contributed by atoms with Gasteiger partial charge in [0, 0.05) is 17.6 Å². The van der Waals surface area contributed by atoms with E-state index in [2.05, 4.69) is 0 Å². The van der Waals surface area contributed by atoms with Gasteiger partial charge in [0.1, 0.15) is 16.4 Å². The third kappa shape index (κ3) is 3.55. The van der Waals surface area contributed by atoms with E-state index in [1.165, 1.54) is 18.2 Å². The molecule has 2 atom stereocenters. The van der Waals surface area contributed by atoms with Gasteiger partial charge < -0.3 is 4.74 Å². The van der Waals surface area contributed by atoms with Gasteiger partial charge in [0.05, 0.1) is 28.7 Å². The third-order valence-electron chi connectivity index (χ3n) is 7.85. The molecular formula is C28H19Cl3N2O6. The molecule has 4 aliphatic rings. The van der Waals surface area contributed by atoms with Gasteiger partial charge in [-0.2, -0.15) is 0 Å². The number of imide groups is 1. The monoisotopic (exact) mass is 584 g/mol. The summed E-state index contributed by atoms with van der Waals surface area (Å²) < 4.78 is 5.22. The average Bonchev–Trinajstić information content (AvgIpc) is 3.20. The molecule has 3 aliphatic carbocycles. The van der Waals surface area contributed by atoms with Crippen molar-refractivity contribution in [3.8, 4) is 0 Å². The Labute approximate surface area is 237 Å². The molecule has 0 radical (unpaired) electrons. The molecule has 7 rings (SSSR count). The molecule has 2 amide bonds. The van der Waals surface area contributed by atoms with Crippen LogP contribution in [0.25, 0.3) is 0 Å². The Morgan fingerprint density at radius 3 is 1.85 bits per heavy atom. The van der Waals surface area contributed by atoms with Gasteiger partial charge in [0.2, 0.25) is 11.8 Å². The van der Waals surface area contributed by atoms with Gasteiger partial charge in [-0.25, -0.2) is 0 Å². The van der Waals surface area contributed by atoms with Gasteiger partial charge in [0.15, 0.2) is 0 Å². The first-order valence-electron chi connectivity index (χ1n) is 12.1. The van der Waals surface area contributed by atoms with Crippen LogP contribution in [-0.4, -0.2) is 34.2 Å². The number of rotatable bonds is 6. The van der Waals surface area contributed by atoms with Crippen LogP contribution in [0.5, 0.6) is 0 Å². The lowest BCUT2D eigenvalue weighted by molar-refractivity contribution is -0.385. The molecule has 1 saturated heterocycles. The smallest absolute Gasteiger partial charge is 0.307 e. The Morgan fingerprint density at radius 1 is 0.897 bits per heavy atom. The maximum atomic E-state index is 13.8. The zero-order chi connectivity index (χ0) is 27.7. The predicted octanol–water partition coefficient (Wildman–Crippen LogP) is 5.27. The molecule has 2 bridgehead atoms. The number of carbonyl (C=O) groups excluding carboxylic acids is 3. The number of benzene rings is 3. The van der Waals surface area contributed by atoms with Crippen LogP contribution in [0, 0.1) is 22.0 Å². The molecular weight excluding hydrogens is 567 g/mol. The number of esters is 1. The summed E-state index contributed by atoms with van der Waals surface area (Å²) >= 11 is 20.6. The number of amides is 2. The van der Waals surface area contributed by atoms with Gasteiger partial charge in [-0.1, -0.05) is 60.1 Å². The molecule has 3 aromatic rings. The summed E-state index contributed by atoms with van der Waals surface area (Å²) in [5.41, 5.74) is 2.64. The Hall–Kier alpha value is -3.46. The van der Waals surface area contributed by atoms with E-state index in [1.807, 2.05) is 48.5 Å². The molecule has 11 heteroatoms. The Bertz CT molecular complexity index is 1470. The molecule has 0 unspecified atom stereocenters. The van der Waals surface area contributed by atoms with E-state index in [0.29, 0.717) is 22.3 Å². The summed E-state index contributed by atoms with van der Waals surface area (Å²) in [6.07, 6.45) is -0.303. The average molecular weight is 586 g/mol. The van der Waals surface area contributed by atoms with E-state index in [1.54, 1.807) is 0 Å². The number of hydrogen-bond acceptors (Lipinski definition) is 6. The normalized spacial score (nSPS) is 26.2. The molecule has 198 valence electrons. The number of alkyl halides is 2. The fourth-order valence-electron chi connectivity index (χ4n) is 6.21. The number of carbonyl (C=O) groups is 3. The van der Waals surface area contributed by atoms with Crippen LogP contribution in [-0.2, 0) is 35.5 Å². The molecule has 8 nitrogen and oxygen atoms in total. The van der Waals surface area contributed by atoms with E-state index in [4.69, 9.17) is 39.5 Å². The minimum Gasteiger partial charge on any atom is -0.460 e. The first kappa shape index (κ1) is 25.8. The molecule has 0 aromatic heterocycles. The van der Waals surface area contributed by atoms with E-state index in [9.17, 15) is 24.5 Å². The lowest BCUT2D eigenvalue weighted by atomic mass is 9.54. The van der Waals surface area contributed by atoms with E-state index < -0.39 is 44.3 Å². The van der Waals surface area contributed by atoms with Crippen LogP contribution in [0.1, 0.15) is 34.2 Å². The van der Waals surface area contributed by atoms with E-state index in [-0.39, 0.29) is 35.8 Å². The number of likely N-dealkylation sites (tertiary alicyclic amines) is 1. The predicted molar refractivity (Wildman–Crippen MR) is 142 cm³/mol. The van der Waals surface area contributed by atoms with Crippen molar-refractivity contribution >= 4 is 58.3 Å². The van der Waals surface area contributed by atoms with Crippen molar-refractivity contribution in [3.05, 3.63) is 110 Å². The summed E-state index contributed by atoms with van der Waals surface area (Å²) in [5, 5.41) is 11.5. The minimum atomic E-state index is -1.30. The highest BCUT2D eigenvalue weighted by atomic mass is 35.5. The molecule has 1 heterocycles. The van der Waals surface area contributed by atoms with Crippen LogP contribution in [0.4, 0.5) is 5.69 Å². The fraction of sp³-hybridized carbons (Fsp3) is 0.250. The third-order valence-corrected chi connectivity index (χ3v) is 9.37. The lowest BCUT2D eigenvalue weighted by Crippen LogP contribution is -2.57. The first-order valence-corrected chi connectivity index (χ1v) is 13.2. The van der Waals surface area contributed by atoms with Crippen LogP contribution in [0.15, 0.2) is 66.7 Å². The minimum absolute atomic E-state index is 0.164. The topological polar surface area (TPSA) is 107 Å². The van der Waals surface area contributed by atoms with Crippen molar-refractivity contribution in [2.75, 3.05) is 6.54 Å². The van der Waals surface area contributed by atoms with Gasteiger partial charge in [-0.3, -0.25) is 29.4 Å². The van der Waals surface area contributed by atoms with Crippen LogP contribution in [0.3, 0.4) is 0 Å². The quantitative estimate of drug-likeness (QED) is 0.128. The second-order valence-electron chi connectivity index (χ2n) is 9.74. The van der Waals surface area contributed by atoms with E-state index >= 15 is 0 Å². The number of ether oxygens (including phenoxy) is 1. The van der Waals surface area contributed by atoms with Gasteiger partial charge in [-0.05, 0) is 34.4 Å². The van der Waals surface area contributed by atoms with Gasteiger partial charge in [0.25, 0.3) is 5.69 Å². The highest BCUT2D eigenvalue weighted by Crippen LogP contribution is 2.69. The molecule has 3 aromatic carbocycles. The summed E-state index contributed by atoms with van der Waals surface area (Å²) in [4.78, 5) is 49.2. The lowest BCUT2D eigenvalue weighted by Gasteiger charge is -2.54. The summed E-state index contributed by atoms with van der Waals surface area (Å²) in [6.45, 7) is -0.599. The van der Waals surface area contributed by atoms with Crippen LogP contribution in [0.2, 0.25) is 5.02 Å². The summed E-state index contributed by atoms with van der Waals surface area (Å²) in [5.74, 6) is -3.65. The van der Waals surface area contributed by atoms with Gasteiger partial charge in [-0.15, -0.1) is 23.2 Å². The van der Waals surface area contributed by atoms with Crippen molar-refractivity contribution in [2.24, 2.45) is 11.8 Å². The highest BCUT2D eigenvalue weighted by molar-refractivity contribution is 6.36. The van der Waals surface area contributed by atoms with E-state index in [0.717, 1.165) is 4.90 Å². The van der Waals surface area contributed by atoms with Crippen molar-refractivity contribution in [3.63, 3.8) is 0 Å². The summed E-state index contributed by atoms with van der Waals surface area (Å²) in [6, 6.07) is 18.6. The first-order chi connectivity index (χ1) is 18.6.